The summed E-state index contributed by atoms with van der Waals surface area (Å²) in [7, 11) is 0. The third-order valence-electron chi connectivity index (χ3n) is 2.42. The normalized spacial score (nSPS) is 19.8. The van der Waals surface area contributed by atoms with Gasteiger partial charge in [0, 0.05) is 25.4 Å². The number of likely N-dealkylation sites (tertiary alicyclic amines) is 1. The predicted octanol–water partition coefficient (Wildman–Crippen LogP) is 1.86. The van der Waals surface area contributed by atoms with Gasteiger partial charge in [0.05, 0.1) is 5.92 Å². The van der Waals surface area contributed by atoms with Crippen molar-refractivity contribution in [3.8, 4) is 0 Å². The van der Waals surface area contributed by atoms with Gasteiger partial charge in [0.1, 0.15) is 0 Å². The lowest BCUT2D eigenvalue weighted by Crippen LogP contribution is -2.36. The van der Waals surface area contributed by atoms with Crippen molar-refractivity contribution in [2.75, 3.05) is 13.1 Å². The SMILES string of the molecule is O=C(O)C=CN1CCC(C(F)(F)F)CC1. The average Bonchev–Trinajstić information content (AvgIpc) is 2.14. The first kappa shape index (κ1) is 11.9. The summed E-state index contributed by atoms with van der Waals surface area (Å²) in [6.45, 7) is 0.516. The molecular weight excluding hydrogens is 211 g/mol. The van der Waals surface area contributed by atoms with Crippen LogP contribution in [0.25, 0.3) is 0 Å². The fraction of sp³-hybridized carbons (Fsp3) is 0.667. The second kappa shape index (κ2) is 4.55. The van der Waals surface area contributed by atoms with Crippen LogP contribution >= 0.6 is 0 Å². The largest absolute Gasteiger partial charge is 0.478 e. The number of hydrogen-bond acceptors (Lipinski definition) is 2. The molecule has 0 spiro atoms. The van der Waals surface area contributed by atoms with Crippen molar-refractivity contribution in [3.05, 3.63) is 12.3 Å². The number of carboxylic acid groups (broad SMARTS) is 1. The van der Waals surface area contributed by atoms with Crippen LogP contribution in [-0.4, -0.2) is 35.2 Å². The molecule has 0 saturated carbocycles. The van der Waals surface area contributed by atoms with Gasteiger partial charge in [0.25, 0.3) is 0 Å². The first-order valence-corrected chi connectivity index (χ1v) is 4.61. The molecule has 0 aliphatic carbocycles. The zero-order valence-electron chi connectivity index (χ0n) is 8.00. The molecule has 0 aromatic heterocycles. The van der Waals surface area contributed by atoms with E-state index in [2.05, 4.69) is 0 Å². The number of halogens is 3. The highest BCUT2D eigenvalue weighted by Gasteiger charge is 2.40. The van der Waals surface area contributed by atoms with Crippen molar-refractivity contribution in [2.24, 2.45) is 5.92 Å². The van der Waals surface area contributed by atoms with E-state index in [9.17, 15) is 18.0 Å². The summed E-state index contributed by atoms with van der Waals surface area (Å²) in [5.41, 5.74) is 0. The Balaban J connectivity index is 2.39. The molecule has 1 fully saturated rings. The number of alkyl halides is 3. The van der Waals surface area contributed by atoms with Gasteiger partial charge in [0.15, 0.2) is 0 Å². The first-order chi connectivity index (χ1) is 6.89. The monoisotopic (exact) mass is 223 g/mol. The summed E-state index contributed by atoms with van der Waals surface area (Å²) >= 11 is 0. The summed E-state index contributed by atoms with van der Waals surface area (Å²) < 4.78 is 36.8. The van der Waals surface area contributed by atoms with Gasteiger partial charge in [-0.05, 0) is 12.8 Å². The van der Waals surface area contributed by atoms with E-state index >= 15 is 0 Å². The highest BCUT2D eigenvalue weighted by molar-refractivity contribution is 5.79. The summed E-state index contributed by atoms with van der Waals surface area (Å²) in [6.07, 6.45) is -1.79. The van der Waals surface area contributed by atoms with Gasteiger partial charge in [-0.1, -0.05) is 0 Å². The van der Waals surface area contributed by atoms with Crippen LogP contribution < -0.4 is 0 Å². The molecule has 3 nitrogen and oxygen atoms in total. The molecule has 1 aliphatic heterocycles. The van der Waals surface area contributed by atoms with Gasteiger partial charge in [-0.3, -0.25) is 0 Å². The van der Waals surface area contributed by atoms with E-state index in [1.807, 2.05) is 0 Å². The second-order valence-corrected chi connectivity index (χ2v) is 3.51. The minimum Gasteiger partial charge on any atom is -0.478 e. The Morgan fingerprint density at radius 3 is 2.27 bits per heavy atom. The van der Waals surface area contributed by atoms with Gasteiger partial charge in [-0.15, -0.1) is 0 Å². The van der Waals surface area contributed by atoms with Crippen LogP contribution in [0.15, 0.2) is 12.3 Å². The van der Waals surface area contributed by atoms with Gasteiger partial charge in [-0.2, -0.15) is 13.2 Å². The number of piperidine rings is 1. The molecule has 0 atom stereocenters. The zero-order chi connectivity index (χ0) is 11.5. The van der Waals surface area contributed by atoms with E-state index in [1.165, 1.54) is 6.20 Å². The maximum atomic E-state index is 12.3. The van der Waals surface area contributed by atoms with E-state index in [0.29, 0.717) is 0 Å². The summed E-state index contributed by atoms with van der Waals surface area (Å²) in [5, 5.41) is 8.33. The Morgan fingerprint density at radius 2 is 1.87 bits per heavy atom. The predicted molar refractivity (Wildman–Crippen MR) is 47.1 cm³/mol. The van der Waals surface area contributed by atoms with Crippen molar-refractivity contribution in [1.82, 2.24) is 4.90 Å². The van der Waals surface area contributed by atoms with Crippen molar-refractivity contribution < 1.29 is 23.1 Å². The number of aliphatic carboxylic acids is 1. The summed E-state index contributed by atoms with van der Waals surface area (Å²) in [6, 6.07) is 0. The lowest BCUT2D eigenvalue weighted by Gasteiger charge is -2.31. The summed E-state index contributed by atoms with van der Waals surface area (Å²) in [4.78, 5) is 11.8. The Kier molecular flexibility index (Phi) is 3.60. The van der Waals surface area contributed by atoms with Crippen molar-refractivity contribution in [1.29, 1.82) is 0 Å². The molecule has 1 saturated heterocycles. The van der Waals surface area contributed by atoms with Crippen LogP contribution in [0, 0.1) is 5.92 Å². The van der Waals surface area contributed by atoms with Crippen molar-refractivity contribution in [3.63, 3.8) is 0 Å². The molecule has 0 radical (unpaired) electrons. The van der Waals surface area contributed by atoms with Crippen molar-refractivity contribution >= 4 is 5.97 Å². The molecular formula is C9H12F3NO2. The van der Waals surface area contributed by atoms with Crippen LogP contribution in [0.3, 0.4) is 0 Å². The smallest absolute Gasteiger partial charge is 0.391 e. The Morgan fingerprint density at radius 1 is 1.33 bits per heavy atom. The fourth-order valence-electron chi connectivity index (χ4n) is 1.55. The highest BCUT2D eigenvalue weighted by Crippen LogP contribution is 2.33. The Hall–Kier alpha value is -1.20. The first-order valence-electron chi connectivity index (χ1n) is 4.61. The molecule has 0 aromatic rings. The molecule has 6 heteroatoms. The van der Waals surface area contributed by atoms with Gasteiger partial charge in [0.2, 0.25) is 0 Å². The standard InChI is InChI=1S/C9H12F3NO2/c10-9(11,12)7-1-4-13(5-2-7)6-3-8(14)15/h3,6-7H,1-2,4-5H2,(H,14,15). The van der Waals surface area contributed by atoms with Crippen molar-refractivity contribution in [2.45, 2.75) is 19.0 Å². The lowest BCUT2D eigenvalue weighted by molar-refractivity contribution is -0.183. The average molecular weight is 223 g/mol. The van der Waals surface area contributed by atoms with E-state index < -0.39 is 18.1 Å². The number of nitrogens with zero attached hydrogens (tertiary/aromatic N) is 1. The third kappa shape index (κ3) is 3.81. The molecule has 15 heavy (non-hydrogen) atoms. The van der Waals surface area contributed by atoms with E-state index in [1.54, 1.807) is 4.90 Å². The minimum atomic E-state index is -4.12. The minimum absolute atomic E-state index is 0.0352. The topological polar surface area (TPSA) is 40.5 Å². The molecule has 0 aromatic carbocycles. The number of hydrogen-bond donors (Lipinski definition) is 1. The van der Waals surface area contributed by atoms with Crippen LogP contribution in [0.5, 0.6) is 0 Å². The zero-order valence-corrected chi connectivity index (χ0v) is 8.00. The summed E-state index contributed by atoms with van der Waals surface area (Å²) in [5.74, 6) is -2.33. The van der Waals surface area contributed by atoms with Gasteiger partial charge >= 0.3 is 12.1 Å². The van der Waals surface area contributed by atoms with Crippen LogP contribution in [0.4, 0.5) is 13.2 Å². The fourth-order valence-corrected chi connectivity index (χ4v) is 1.55. The quantitative estimate of drug-likeness (QED) is 0.726. The number of carbonyl (C=O) groups is 1. The Bertz CT molecular complexity index is 255. The molecule has 1 N–H and O–H groups in total. The maximum Gasteiger partial charge on any atom is 0.391 e. The number of rotatable bonds is 2. The van der Waals surface area contributed by atoms with E-state index in [4.69, 9.17) is 5.11 Å². The molecule has 86 valence electrons. The highest BCUT2D eigenvalue weighted by atomic mass is 19.4. The van der Waals surface area contributed by atoms with Crippen LogP contribution in [0.2, 0.25) is 0 Å². The Labute approximate surface area is 85.2 Å². The molecule has 0 amide bonds. The molecule has 1 rings (SSSR count). The maximum absolute atomic E-state index is 12.3. The molecule has 0 bridgehead atoms. The van der Waals surface area contributed by atoms with Crippen LogP contribution in [0.1, 0.15) is 12.8 Å². The van der Waals surface area contributed by atoms with Gasteiger partial charge < -0.3 is 10.0 Å². The lowest BCUT2D eigenvalue weighted by atomic mass is 9.97. The second-order valence-electron chi connectivity index (χ2n) is 3.51. The van der Waals surface area contributed by atoms with E-state index in [0.717, 1.165) is 6.08 Å². The van der Waals surface area contributed by atoms with Crippen LogP contribution in [-0.2, 0) is 4.79 Å². The molecule has 1 heterocycles. The molecule has 0 unspecified atom stereocenters. The third-order valence-corrected chi connectivity index (χ3v) is 2.42. The molecule has 1 aliphatic rings. The van der Waals surface area contributed by atoms with E-state index in [-0.39, 0.29) is 25.9 Å². The van der Waals surface area contributed by atoms with Gasteiger partial charge in [-0.25, -0.2) is 4.79 Å². The number of carboxylic acids is 1.